The molecule has 2 aliphatic heterocycles. The predicted octanol–water partition coefficient (Wildman–Crippen LogP) is 1.85. The Morgan fingerprint density at radius 3 is 2.48 bits per heavy atom. The first-order valence-corrected chi connectivity index (χ1v) is 9.59. The summed E-state index contributed by atoms with van der Waals surface area (Å²) in [4.78, 5) is 17.5. The Morgan fingerprint density at radius 2 is 1.90 bits per heavy atom. The predicted molar refractivity (Wildman–Crippen MR) is 107 cm³/mol. The Labute approximate surface area is 171 Å². The number of hydrogen-bond acceptors (Lipinski definition) is 8. The van der Waals surface area contributed by atoms with Crippen molar-refractivity contribution in [2.45, 2.75) is 27.0 Å². The molecule has 8 heteroatoms. The number of ether oxygens (including phenoxy) is 2. The molecule has 0 spiro atoms. The number of hydroxylamine groups is 2. The number of hydrazine groups is 1. The Kier molecular flexibility index (Phi) is 6.45. The molecule has 8 nitrogen and oxygen atoms in total. The Balaban J connectivity index is 2.10. The first kappa shape index (κ1) is 21.1. The number of aryl methyl sites for hydroxylation is 2. The summed E-state index contributed by atoms with van der Waals surface area (Å²) in [5.41, 5.74) is 3.90. The molecule has 0 bridgehead atoms. The molecule has 1 fully saturated rings. The molecule has 2 aliphatic rings. The van der Waals surface area contributed by atoms with Gasteiger partial charge >= 0.3 is 6.16 Å². The summed E-state index contributed by atoms with van der Waals surface area (Å²) in [6.07, 6.45) is 3.76. The molecule has 1 N–H and O–H groups in total. The SMILES string of the molecule is C#Cc1cc(C)c(C2=C(OC(=O)OCC)N3CCN(OC)CCN3C2O)c(C)c1. The number of terminal acetylenes is 1. The van der Waals surface area contributed by atoms with E-state index in [9.17, 15) is 9.90 Å². The van der Waals surface area contributed by atoms with Gasteiger partial charge in [-0.3, -0.25) is 5.01 Å². The molecule has 1 unspecified atom stereocenters. The number of rotatable bonds is 4. The lowest BCUT2D eigenvalue weighted by atomic mass is 9.93. The maximum absolute atomic E-state index is 12.2. The molecule has 1 aromatic rings. The number of aliphatic hydroxyl groups excluding tert-OH is 1. The van der Waals surface area contributed by atoms with Crippen LogP contribution in [0, 0.1) is 26.2 Å². The summed E-state index contributed by atoms with van der Waals surface area (Å²) in [6, 6.07) is 3.77. The molecule has 156 valence electrons. The van der Waals surface area contributed by atoms with E-state index in [0.717, 1.165) is 22.3 Å². The van der Waals surface area contributed by atoms with Crippen LogP contribution in [-0.2, 0) is 14.3 Å². The van der Waals surface area contributed by atoms with Crippen LogP contribution in [0.25, 0.3) is 5.57 Å². The maximum atomic E-state index is 12.2. The molecule has 1 saturated heterocycles. The molecule has 1 atom stereocenters. The molecule has 0 saturated carbocycles. The Bertz CT molecular complexity index is 837. The number of benzene rings is 1. The van der Waals surface area contributed by atoms with E-state index in [1.807, 2.05) is 26.0 Å². The molecule has 2 heterocycles. The minimum atomic E-state index is -0.981. The van der Waals surface area contributed by atoms with Gasteiger partial charge in [0.05, 0.1) is 25.8 Å². The second kappa shape index (κ2) is 8.84. The highest BCUT2D eigenvalue weighted by atomic mass is 16.7. The number of carbonyl (C=O) groups excluding carboxylic acids is 1. The normalized spacial score (nSPS) is 20.3. The van der Waals surface area contributed by atoms with Gasteiger partial charge in [-0.15, -0.1) is 6.42 Å². The molecule has 0 aromatic heterocycles. The van der Waals surface area contributed by atoms with Crippen molar-refractivity contribution < 1.29 is 24.2 Å². The fraction of sp³-hybridized carbons (Fsp3) is 0.476. The molecule has 1 aromatic carbocycles. The summed E-state index contributed by atoms with van der Waals surface area (Å²) >= 11 is 0. The van der Waals surface area contributed by atoms with Crippen LogP contribution < -0.4 is 0 Å². The second-order valence-electron chi connectivity index (χ2n) is 6.90. The van der Waals surface area contributed by atoms with Gasteiger partial charge in [-0.05, 0) is 49.6 Å². The van der Waals surface area contributed by atoms with Gasteiger partial charge in [0.2, 0.25) is 5.88 Å². The van der Waals surface area contributed by atoms with Gasteiger partial charge < -0.3 is 19.4 Å². The highest BCUT2D eigenvalue weighted by Crippen LogP contribution is 2.39. The number of carbonyl (C=O) groups is 1. The van der Waals surface area contributed by atoms with E-state index in [1.165, 1.54) is 0 Å². The molecule has 0 amide bonds. The van der Waals surface area contributed by atoms with E-state index < -0.39 is 12.4 Å². The highest BCUT2D eigenvalue weighted by molar-refractivity contribution is 5.78. The maximum Gasteiger partial charge on any atom is 0.515 e. The first-order valence-electron chi connectivity index (χ1n) is 9.59. The summed E-state index contributed by atoms with van der Waals surface area (Å²) in [7, 11) is 1.61. The van der Waals surface area contributed by atoms with Crippen molar-refractivity contribution in [1.82, 2.24) is 15.1 Å². The lowest BCUT2D eigenvalue weighted by Gasteiger charge is -2.30. The van der Waals surface area contributed by atoms with E-state index in [-0.39, 0.29) is 12.5 Å². The van der Waals surface area contributed by atoms with Crippen molar-refractivity contribution in [1.29, 1.82) is 0 Å². The smallest absolute Gasteiger partial charge is 0.434 e. The largest absolute Gasteiger partial charge is 0.515 e. The zero-order valence-corrected chi connectivity index (χ0v) is 17.3. The number of nitrogens with zero attached hydrogens (tertiary/aromatic N) is 3. The zero-order valence-electron chi connectivity index (χ0n) is 17.3. The van der Waals surface area contributed by atoms with Gasteiger partial charge in [0, 0.05) is 25.2 Å². The fourth-order valence-corrected chi connectivity index (χ4v) is 3.88. The standard InChI is InChI=1S/C21H27N3O5/c1-6-16-12-14(3)17(15(4)13-16)18-19(25)23-10-8-22(27-5)9-11-24(23)20(18)29-21(26)28-7-2/h1,12-13,19,25H,7-11H2,2-5H3. The van der Waals surface area contributed by atoms with Crippen LogP contribution in [0.2, 0.25) is 0 Å². The van der Waals surface area contributed by atoms with Crippen LogP contribution in [0.1, 0.15) is 29.2 Å². The van der Waals surface area contributed by atoms with Crippen molar-refractivity contribution in [2.75, 3.05) is 39.9 Å². The van der Waals surface area contributed by atoms with E-state index in [2.05, 4.69) is 5.92 Å². The molecule has 0 radical (unpaired) electrons. The third kappa shape index (κ3) is 4.09. The minimum absolute atomic E-state index is 0.195. The van der Waals surface area contributed by atoms with Crippen molar-refractivity contribution >= 4 is 11.7 Å². The molecule has 29 heavy (non-hydrogen) atoms. The minimum Gasteiger partial charge on any atom is -0.434 e. The monoisotopic (exact) mass is 401 g/mol. The lowest BCUT2D eigenvalue weighted by molar-refractivity contribution is -0.126. The van der Waals surface area contributed by atoms with Gasteiger partial charge in [0.15, 0.2) is 6.23 Å². The Hall–Kier alpha value is -2.57. The highest BCUT2D eigenvalue weighted by Gasteiger charge is 2.43. The summed E-state index contributed by atoms with van der Waals surface area (Å²) < 4.78 is 10.6. The fourth-order valence-electron chi connectivity index (χ4n) is 3.88. The molecule has 3 rings (SSSR count). The van der Waals surface area contributed by atoms with Gasteiger partial charge in [-0.25, -0.2) is 4.79 Å². The van der Waals surface area contributed by atoms with Crippen molar-refractivity contribution in [2.24, 2.45) is 0 Å². The summed E-state index contributed by atoms with van der Waals surface area (Å²) in [6.45, 7) is 7.90. The van der Waals surface area contributed by atoms with Crippen molar-refractivity contribution in [3.63, 3.8) is 0 Å². The molecule has 0 aliphatic carbocycles. The lowest BCUT2D eigenvalue weighted by Crippen LogP contribution is -2.44. The first-order chi connectivity index (χ1) is 13.9. The average Bonchev–Trinajstić information content (AvgIpc) is 2.84. The van der Waals surface area contributed by atoms with Gasteiger partial charge in [-0.2, -0.15) is 10.1 Å². The van der Waals surface area contributed by atoms with Crippen LogP contribution in [0.5, 0.6) is 0 Å². The van der Waals surface area contributed by atoms with Gasteiger partial charge in [0.25, 0.3) is 0 Å². The topological polar surface area (TPSA) is 74.7 Å². The summed E-state index contributed by atoms with van der Waals surface area (Å²) in [5.74, 6) is 2.91. The van der Waals surface area contributed by atoms with Crippen LogP contribution in [0.4, 0.5) is 4.79 Å². The van der Waals surface area contributed by atoms with Crippen LogP contribution in [0.15, 0.2) is 18.0 Å². The quantitative estimate of drug-likeness (QED) is 0.605. The average molecular weight is 401 g/mol. The van der Waals surface area contributed by atoms with E-state index in [4.69, 9.17) is 20.7 Å². The van der Waals surface area contributed by atoms with Crippen LogP contribution >= 0.6 is 0 Å². The third-order valence-electron chi connectivity index (χ3n) is 5.12. The van der Waals surface area contributed by atoms with Crippen LogP contribution in [-0.4, -0.2) is 72.5 Å². The number of fused-ring (bicyclic) bond motifs is 1. The number of aliphatic hydroxyl groups is 1. The van der Waals surface area contributed by atoms with E-state index in [1.54, 1.807) is 29.1 Å². The Morgan fingerprint density at radius 1 is 1.24 bits per heavy atom. The van der Waals surface area contributed by atoms with Crippen LogP contribution in [0.3, 0.4) is 0 Å². The zero-order chi connectivity index (χ0) is 21.1. The molecular weight excluding hydrogens is 374 g/mol. The molecular formula is C21H27N3O5. The number of hydrogen-bond donors (Lipinski definition) is 1. The van der Waals surface area contributed by atoms with Gasteiger partial charge in [0.1, 0.15) is 0 Å². The second-order valence-corrected chi connectivity index (χ2v) is 6.90. The van der Waals surface area contributed by atoms with E-state index in [0.29, 0.717) is 31.8 Å². The third-order valence-corrected chi connectivity index (χ3v) is 5.12. The van der Waals surface area contributed by atoms with Crippen molar-refractivity contribution in [3.8, 4) is 12.3 Å². The van der Waals surface area contributed by atoms with Crippen molar-refractivity contribution in [3.05, 3.63) is 40.3 Å². The van der Waals surface area contributed by atoms with Gasteiger partial charge in [-0.1, -0.05) is 5.92 Å². The van der Waals surface area contributed by atoms with E-state index >= 15 is 0 Å². The summed E-state index contributed by atoms with van der Waals surface area (Å²) in [5, 5.41) is 16.6.